The van der Waals surface area contributed by atoms with Crippen LogP contribution in [0.5, 0.6) is 0 Å². The van der Waals surface area contributed by atoms with Crippen molar-refractivity contribution in [1.29, 1.82) is 0 Å². The Labute approximate surface area is 178 Å². The predicted molar refractivity (Wildman–Crippen MR) is 112 cm³/mol. The van der Waals surface area contributed by atoms with Crippen LogP contribution in [-0.2, 0) is 17.6 Å². The molecule has 0 radical (unpaired) electrons. The zero-order chi connectivity index (χ0) is 20.2. The van der Waals surface area contributed by atoms with Crippen LogP contribution in [0.1, 0.15) is 10.9 Å². The molecule has 2 heterocycles. The molecular weight excluding hydrogens is 435 g/mol. The number of nitrogens with one attached hydrogen (secondary N) is 1. The average molecular weight is 449 g/mol. The number of rotatable bonds is 7. The number of carbonyl (C=O) groups excluding carboxylic acids is 1. The molecule has 0 aliphatic heterocycles. The summed E-state index contributed by atoms with van der Waals surface area (Å²) in [6, 6.07) is 12.0. The number of hydrogen-bond acceptors (Lipinski definition) is 7. The first-order valence-corrected chi connectivity index (χ1v) is 10.8. The molecule has 0 unspecified atom stereocenters. The van der Waals surface area contributed by atoms with Crippen LogP contribution in [0.2, 0.25) is 5.02 Å². The Morgan fingerprint density at radius 3 is 2.90 bits per heavy atom. The molecule has 4 aromatic rings. The molecule has 0 bridgehead atoms. The topological polar surface area (TPSA) is 80.9 Å². The highest BCUT2D eigenvalue weighted by molar-refractivity contribution is 7.99. The third-order valence-corrected chi connectivity index (χ3v) is 6.07. The Morgan fingerprint density at radius 2 is 2.07 bits per heavy atom. The van der Waals surface area contributed by atoms with Gasteiger partial charge in [-0.15, -0.1) is 21.5 Å². The Hall–Kier alpha value is -2.49. The second kappa shape index (κ2) is 8.89. The van der Waals surface area contributed by atoms with Gasteiger partial charge >= 0.3 is 0 Å². The number of amides is 1. The predicted octanol–water partition coefficient (Wildman–Crippen LogP) is 4.99. The number of thiazole rings is 1. The Bertz CT molecular complexity index is 1130. The summed E-state index contributed by atoms with van der Waals surface area (Å²) in [7, 11) is 0. The molecule has 0 fully saturated rings. The number of halogens is 2. The van der Waals surface area contributed by atoms with Crippen LogP contribution in [0.15, 0.2) is 52.1 Å². The first-order chi connectivity index (χ1) is 14.1. The van der Waals surface area contributed by atoms with E-state index in [0.717, 1.165) is 27.0 Å². The van der Waals surface area contributed by atoms with Gasteiger partial charge in [0.05, 0.1) is 26.0 Å². The number of nitrogens with zero attached hydrogens (tertiary/aromatic N) is 3. The molecule has 2 aromatic carbocycles. The van der Waals surface area contributed by atoms with Crippen molar-refractivity contribution in [3.63, 3.8) is 0 Å². The molecule has 0 saturated heterocycles. The maximum absolute atomic E-state index is 13.2. The van der Waals surface area contributed by atoms with Gasteiger partial charge in [-0.05, 0) is 30.3 Å². The summed E-state index contributed by atoms with van der Waals surface area (Å²) in [6.07, 6.45) is 1.28. The van der Waals surface area contributed by atoms with Gasteiger partial charge in [-0.2, -0.15) is 0 Å². The number of aryl methyl sites for hydroxylation is 2. The van der Waals surface area contributed by atoms with Gasteiger partial charge < -0.3 is 9.73 Å². The second-order valence-electron chi connectivity index (χ2n) is 6.00. The molecular formula is C19H14ClFN4O2S2. The lowest BCUT2D eigenvalue weighted by atomic mass is 10.3. The lowest BCUT2D eigenvalue weighted by Gasteiger charge is -2.04. The molecule has 10 heteroatoms. The zero-order valence-electron chi connectivity index (χ0n) is 14.9. The van der Waals surface area contributed by atoms with Gasteiger partial charge in [0.1, 0.15) is 5.82 Å². The van der Waals surface area contributed by atoms with Crippen LogP contribution in [0.4, 0.5) is 10.1 Å². The number of anilines is 1. The monoisotopic (exact) mass is 448 g/mol. The summed E-state index contributed by atoms with van der Waals surface area (Å²) in [5.41, 5.74) is 1.41. The third-order valence-electron chi connectivity index (χ3n) is 3.87. The number of thioether (sulfide) groups is 1. The van der Waals surface area contributed by atoms with E-state index in [1.807, 2.05) is 24.3 Å². The van der Waals surface area contributed by atoms with Crippen molar-refractivity contribution >= 4 is 56.5 Å². The molecule has 1 N–H and O–H groups in total. The van der Waals surface area contributed by atoms with E-state index in [1.165, 1.54) is 18.2 Å². The van der Waals surface area contributed by atoms with Gasteiger partial charge in [0.15, 0.2) is 0 Å². The molecule has 0 atom stereocenters. The summed E-state index contributed by atoms with van der Waals surface area (Å²) in [6.45, 7) is 0. The van der Waals surface area contributed by atoms with Crippen molar-refractivity contribution in [2.45, 2.75) is 18.1 Å². The van der Waals surface area contributed by atoms with Gasteiger partial charge in [-0.3, -0.25) is 4.79 Å². The van der Waals surface area contributed by atoms with E-state index in [1.54, 1.807) is 11.3 Å². The molecule has 6 nitrogen and oxygen atoms in total. The number of carbonyl (C=O) groups is 1. The number of hydrogen-bond donors (Lipinski definition) is 1. The Morgan fingerprint density at radius 1 is 1.21 bits per heavy atom. The number of aromatic nitrogens is 3. The SMILES string of the molecule is O=C(CSc1nnc(CCc2nc3ccccc3s2)o1)Nc1ccc(F)c(Cl)c1. The third kappa shape index (κ3) is 5.11. The smallest absolute Gasteiger partial charge is 0.277 e. The summed E-state index contributed by atoms with van der Waals surface area (Å²) in [4.78, 5) is 16.6. The van der Waals surface area contributed by atoms with Gasteiger partial charge in [-0.25, -0.2) is 9.37 Å². The zero-order valence-corrected chi connectivity index (χ0v) is 17.3. The van der Waals surface area contributed by atoms with E-state index in [4.69, 9.17) is 16.0 Å². The molecule has 0 aliphatic carbocycles. The van der Waals surface area contributed by atoms with Crippen LogP contribution in [0, 0.1) is 5.82 Å². The highest BCUT2D eigenvalue weighted by Crippen LogP contribution is 2.24. The van der Waals surface area contributed by atoms with Gasteiger partial charge in [-0.1, -0.05) is 35.5 Å². The molecule has 148 valence electrons. The molecule has 1 amide bonds. The normalized spacial score (nSPS) is 11.1. The van der Waals surface area contributed by atoms with Crippen LogP contribution in [0.3, 0.4) is 0 Å². The van der Waals surface area contributed by atoms with Crippen molar-refractivity contribution in [3.8, 4) is 0 Å². The largest absolute Gasteiger partial charge is 0.416 e. The second-order valence-corrected chi connectivity index (χ2v) is 8.45. The Kier molecular flexibility index (Phi) is 6.08. The number of para-hydroxylation sites is 1. The number of benzene rings is 2. The van der Waals surface area contributed by atoms with E-state index in [-0.39, 0.29) is 16.7 Å². The first-order valence-electron chi connectivity index (χ1n) is 8.61. The van der Waals surface area contributed by atoms with Gasteiger partial charge in [0.2, 0.25) is 11.8 Å². The summed E-state index contributed by atoms with van der Waals surface area (Å²) in [5.74, 6) is -0.248. The lowest BCUT2D eigenvalue weighted by Crippen LogP contribution is -2.14. The molecule has 2 aromatic heterocycles. The summed E-state index contributed by atoms with van der Waals surface area (Å²) >= 11 is 8.48. The lowest BCUT2D eigenvalue weighted by molar-refractivity contribution is -0.113. The van der Waals surface area contributed by atoms with Crippen molar-refractivity contribution < 1.29 is 13.6 Å². The van der Waals surface area contributed by atoms with Gasteiger partial charge in [0.25, 0.3) is 5.22 Å². The van der Waals surface area contributed by atoms with E-state index < -0.39 is 5.82 Å². The van der Waals surface area contributed by atoms with Crippen molar-refractivity contribution in [2.24, 2.45) is 0 Å². The fourth-order valence-corrected chi connectivity index (χ4v) is 4.26. The molecule has 0 spiro atoms. The fraction of sp³-hybridized carbons (Fsp3) is 0.158. The van der Waals surface area contributed by atoms with Crippen LogP contribution >= 0.6 is 34.7 Å². The van der Waals surface area contributed by atoms with Crippen LogP contribution in [0.25, 0.3) is 10.2 Å². The Balaban J connectivity index is 1.27. The average Bonchev–Trinajstić information content (AvgIpc) is 3.34. The molecule has 4 rings (SSSR count). The molecule has 0 aliphatic rings. The van der Waals surface area contributed by atoms with E-state index in [9.17, 15) is 9.18 Å². The standard InChI is InChI=1S/C19H14ClFN4O2S2/c20-12-9-11(5-6-13(12)21)22-16(26)10-28-19-25-24-17(27-19)7-8-18-23-14-3-1-2-4-15(14)29-18/h1-6,9H,7-8,10H2,(H,22,26). The van der Waals surface area contributed by atoms with E-state index in [2.05, 4.69) is 20.5 Å². The van der Waals surface area contributed by atoms with Crippen molar-refractivity contribution in [3.05, 3.63) is 64.2 Å². The minimum atomic E-state index is -0.539. The van der Waals surface area contributed by atoms with Crippen LogP contribution < -0.4 is 5.32 Å². The van der Waals surface area contributed by atoms with Gasteiger partial charge in [0, 0.05) is 18.5 Å². The minimum absolute atomic E-state index is 0.0508. The number of fused-ring (bicyclic) bond motifs is 1. The van der Waals surface area contributed by atoms with Crippen molar-refractivity contribution in [2.75, 3.05) is 11.1 Å². The van der Waals surface area contributed by atoms with E-state index >= 15 is 0 Å². The first kappa shape index (κ1) is 19.8. The quantitative estimate of drug-likeness (QED) is 0.401. The highest BCUT2D eigenvalue weighted by Gasteiger charge is 2.12. The maximum Gasteiger partial charge on any atom is 0.277 e. The van der Waals surface area contributed by atoms with Crippen LogP contribution in [-0.4, -0.2) is 26.8 Å². The summed E-state index contributed by atoms with van der Waals surface area (Å²) in [5, 5.41) is 11.9. The maximum atomic E-state index is 13.2. The molecule has 0 saturated carbocycles. The summed E-state index contributed by atoms with van der Waals surface area (Å²) < 4.78 is 19.9. The minimum Gasteiger partial charge on any atom is -0.416 e. The van der Waals surface area contributed by atoms with E-state index in [0.29, 0.717) is 29.6 Å². The highest BCUT2D eigenvalue weighted by atomic mass is 35.5. The van der Waals surface area contributed by atoms with Crippen molar-refractivity contribution in [1.82, 2.24) is 15.2 Å². The molecule has 29 heavy (non-hydrogen) atoms. The fourth-order valence-electron chi connectivity index (χ4n) is 2.54.